The molecule has 2 aliphatic rings. The lowest BCUT2D eigenvalue weighted by Crippen LogP contribution is -2.48. The SMILES string of the molecule is Cc1ccccc1C1c2ccsc2CCN1C(=O)CN(CC1CCCO1)C(=O)c1cccc(C(F)(F)F)c1. The van der Waals surface area contributed by atoms with Gasteiger partial charge >= 0.3 is 6.18 Å². The summed E-state index contributed by atoms with van der Waals surface area (Å²) in [6, 6.07) is 14.1. The van der Waals surface area contributed by atoms with Crippen LogP contribution in [0, 0.1) is 6.92 Å². The highest BCUT2D eigenvalue weighted by Gasteiger charge is 2.36. The van der Waals surface area contributed by atoms with E-state index in [0.29, 0.717) is 19.6 Å². The highest BCUT2D eigenvalue weighted by molar-refractivity contribution is 7.10. The number of benzene rings is 2. The average Bonchev–Trinajstić information content (AvgIpc) is 3.59. The van der Waals surface area contributed by atoms with E-state index in [2.05, 4.69) is 6.07 Å². The molecule has 1 fully saturated rings. The molecule has 1 saturated heterocycles. The van der Waals surface area contributed by atoms with Crippen LogP contribution in [0.2, 0.25) is 0 Å². The van der Waals surface area contributed by atoms with E-state index in [1.165, 1.54) is 21.9 Å². The van der Waals surface area contributed by atoms with Gasteiger partial charge in [0.1, 0.15) is 6.54 Å². The lowest BCUT2D eigenvalue weighted by molar-refractivity contribution is -0.137. The molecule has 5 rings (SSSR count). The molecular weight excluding hydrogens is 513 g/mol. The van der Waals surface area contributed by atoms with Crippen molar-refractivity contribution in [1.29, 1.82) is 0 Å². The van der Waals surface area contributed by atoms with E-state index >= 15 is 0 Å². The van der Waals surface area contributed by atoms with Crippen LogP contribution in [0.4, 0.5) is 13.2 Å². The predicted molar refractivity (Wildman–Crippen MR) is 139 cm³/mol. The first kappa shape index (κ1) is 26.4. The molecule has 2 aromatic carbocycles. The fraction of sp³-hybridized carbons (Fsp3) is 0.379. The molecule has 0 aliphatic carbocycles. The number of rotatable bonds is 6. The minimum absolute atomic E-state index is 0.0974. The molecule has 1 aromatic heterocycles. The second-order valence-electron chi connectivity index (χ2n) is 9.79. The summed E-state index contributed by atoms with van der Waals surface area (Å²) in [4.78, 5) is 31.8. The summed E-state index contributed by atoms with van der Waals surface area (Å²) in [6.45, 7) is 2.98. The highest BCUT2D eigenvalue weighted by Crippen LogP contribution is 2.39. The van der Waals surface area contributed by atoms with E-state index < -0.39 is 17.6 Å². The van der Waals surface area contributed by atoms with Gasteiger partial charge in [0.05, 0.1) is 17.7 Å². The van der Waals surface area contributed by atoms with Crippen molar-refractivity contribution < 1.29 is 27.5 Å². The number of fused-ring (bicyclic) bond motifs is 1. The lowest BCUT2D eigenvalue weighted by Gasteiger charge is -2.38. The fourth-order valence-corrected chi connectivity index (χ4v) is 6.24. The first-order valence-corrected chi connectivity index (χ1v) is 13.6. The van der Waals surface area contributed by atoms with E-state index in [0.717, 1.165) is 41.7 Å². The number of carbonyl (C=O) groups is 2. The molecule has 0 radical (unpaired) electrons. The van der Waals surface area contributed by atoms with Crippen molar-refractivity contribution in [2.75, 3.05) is 26.2 Å². The van der Waals surface area contributed by atoms with Gasteiger partial charge in [-0.25, -0.2) is 0 Å². The number of ether oxygens (including phenoxy) is 1. The van der Waals surface area contributed by atoms with Gasteiger partial charge in [-0.3, -0.25) is 9.59 Å². The molecule has 0 bridgehead atoms. The number of thiophene rings is 1. The lowest BCUT2D eigenvalue weighted by atomic mass is 9.90. The summed E-state index contributed by atoms with van der Waals surface area (Å²) in [5.41, 5.74) is 2.17. The third-order valence-electron chi connectivity index (χ3n) is 7.27. The minimum atomic E-state index is -4.57. The zero-order valence-electron chi connectivity index (χ0n) is 21.0. The van der Waals surface area contributed by atoms with E-state index in [9.17, 15) is 22.8 Å². The Balaban J connectivity index is 1.44. The van der Waals surface area contributed by atoms with E-state index in [-0.39, 0.29) is 36.7 Å². The van der Waals surface area contributed by atoms with Crippen molar-refractivity contribution in [3.05, 3.63) is 92.7 Å². The van der Waals surface area contributed by atoms with Gasteiger partial charge in [0.15, 0.2) is 0 Å². The molecule has 3 heterocycles. The van der Waals surface area contributed by atoms with Crippen LogP contribution in [0.25, 0.3) is 0 Å². The van der Waals surface area contributed by atoms with Gasteiger partial charge in [0, 0.05) is 30.1 Å². The molecule has 2 unspecified atom stereocenters. The van der Waals surface area contributed by atoms with Crippen molar-refractivity contribution in [2.24, 2.45) is 0 Å². The van der Waals surface area contributed by atoms with Gasteiger partial charge in [-0.1, -0.05) is 30.3 Å². The Kier molecular flexibility index (Phi) is 7.59. The standard InChI is InChI=1S/C29H29F3N2O3S/c1-19-6-2-3-10-23(19)27-24-12-15-38-25(24)11-13-34(27)26(35)18-33(17-22-9-5-14-37-22)28(36)20-7-4-8-21(16-20)29(30,31)32/h2-4,6-8,10,12,15-16,22,27H,5,9,11,13-14,17-18H2,1H3. The first-order chi connectivity index (χ1) is 18.2. The van der Waals surface area contributed by atoms with Crippen molar-refractivity contribution >= 4 is 23.2 Å². The molecule has 0 N–H and O–H groups in total. The van der Waals surface area contributed by atoms with Crippen LogP contribution in [-0.2, 0) is 22.1 Å². The number of carbonyl (C=O) groups excluding carboxylic acids is 2. The largest absolute Gasteiger partial charge is 0.416 e. The number of alkyl halides is 3. The van der Waals surface area contributed by atoms with Gasteiger partial charge in [-0.15, -0.1) is 11.3 Å². The Labute approximate surface area is 223 Å². The molecule has 2 amide bonds. The maximum Gasteiger partial charge on any atom is 0.416 e. The molecule has 200 valence electrons. The highest BCUT2D eigenvalue weighted by atomic mass is 32.1. The monoisotopic (exact) mass is 542 g/mol. The summed E-state index contributed by atoms with van der Waals surface area (Å²) in [7, 11) is 0. The quantitative estimate of drug-likeness (QED) is 0.392. The number of nitrogens with zero attached hydrogens (tertiary/aromatic N) is 2. The summed E-state index contributed by atoms with van der Waals surface area (Å²) in [6.07, 6.45) is -2.54. The molecular formula is C29H29F3N2O3S. The van der Waals surface area contributed by atoms with Gasteiger partial charge < -0.3 is 14.5 Å². The van der Waals surface area contributed by atoms with Crippen LogP contribution in [0.1, 0.15) is 56.4 Å². The number of aryl methyl sites for hydroxylation is 1. The zero-order valence-corrected chi connectivity index (χ0v) is 21.9. The number of halogens is 3. The summed E-state index contributed by atoms with van der Waals surface area (Å²) >= 11 is 1.67. The maximum atomic E-state index is 13.9. The maximum absolute atomic E-state index is 13.9. The summed E-state index contributed by atoms with van der Waals surface area (Å²) in [5, 5.41) is 2.03. The molecule has 0 spiro atoms. The molecule has 2 atom stereocenters. The topological polar surface area (TPSA) is 49.9 Å². The number of hydrogen-bond acceptors (Lipinski definition) is 4. The normalized spacial score (nSPS) is 19.3. The Morgan fingerprint density at radius 2 is 1.92 bits per heavy atom. The third kappa shape index (κ3) is 5.49. The minimum Gasteiger partial charge on any atom is -0.376 e. The van der Waals surface area contributed by atoms with Crippen LogP contribution in [-0.4, -0.2) is 54.0 Å². The Hall–Kier alpha value is -3.17. The Morgan fingerprint density at radius 3 is 2.66 bits per heavy atom. The van der Waals surface area contributed by atoms with Crippen molar-refractivity contribution in [3.8, 4) is 0 Å². The smallest absolute Gasteiger partial charge is 0.376 e. The zero-order chi connectivity index (χ0) is 26.9. The molecule has 3 aromatic rings. The molecule has 5 nitrogen and oxygen atoms in total. The van der Waals surface area contributed by atoms with Gasteiger partial charge in [-0.05, 0) is 72.5 Å². The second kappa shape index (κ2) is 10.9. The van der Waals surface area contributed by atoms with Crippen molar-refractivity contribution in [3.63, 3.8) is 0 Å². The van der Waals surface area contributed by atoms with Crippen LogP contribution in [0.3, 0.4) is 0 Å². The average molecular weight is 543 g/mol. The third-order valence-corrected chi connectivity index (χ3v) is 8.26. The first-order valence-electron chi connectivity index (χ1n) is 12.7. The van der Waals surface area contributed by atoms with Crippen LogP contribution in [0.15, 0.2) is 60.0 Å². The summed E-state index contributed by atoms with van der Waals surface area (Å²) < 4.78 is 45.7. The van der Waals surface area contributed by atoms with Gasteiger partial charge in [0.2, 0.25) is 5.91 Å². The predicted octanol–water partition coefficient (Wildman–Crippen LogP) is 5.87. The van der Waals surface area contributed by atoms with E-state index in [4.69, 9.17) is 4.74 Å². The number of hydrogen-bond donors (Lipinski definition) is 0. The second-order valence-corrected chi connectivity index (χ2v) is 10.8. The fourth-order valence-electron chi connectivity index (χ4n) is 5.33. The molecule has 0 saturated carbocycles. The molecule has 9 heteroatoms. The molecule has 2 aliphatic heterocycles. The van der Waals surface area contributed by atoms with Crippen LogP contribution >= 0.6 is 11.3 Å². The van der Waals surface area contributed by atoms with Crippen molar-refractivity contribution in [2.45, 2.75) is 44.5 Å². The van der Waals surface area contributed by atoms with E-state index in [1.54, 1.807) is 16.2 Å². The van der Waals surface area contributed by atoms with Crippen LogP contribution < -0.4 is 0 Å². The Bertz CT molecular complexity index is 1320. The number of amides is 2. The van der Waals surface area contributed by atoms with Gasteiger partial charge in [0.25, 0.3) is 5.91 Å². The van der Waals surface area contributed by atoms with Gasteiger partial charge in [-0.2, -0.15) is 13.2 Å². The van der Waals surface area contributed by atoms with Crippen molar-refractivity contribution in [1.82, 2.24) is 9.80 Å². The molecule has 38 heavy (non-hydrogen) atoms. The van der Waals surface area contributed by atoms with Crippen LogP contribution in [0.5, 0.6) is 0 Å². The Morgan fingerprint density at radius 1 is 1.11 bits per heavy atom. The summed E-state index contributed by atoms with van der Waals surface area (Å²) in [5.74, 6) is -0.853. The van der Waals surface area contributed by atoms with E-state index in [1.807, 2.05) is 36.6 Å².